The zero-order valence-electron chi connectivity index (χ0n) is 13.3. The lowest BCUT2D eigenvalue weighted by molar-refractivity contribution is -0.127. The molecule has 0 radical (unpaired) electrons. The maximum absolute atomic E-state index is 13.0. The van der Waals surface area contributed by atoms with Gasteiger partial charge in [-0.3, -0.25) is 4.79 Å². The minimum atomic E-state index is -0.607. The molecule has 1 aromatic carbocycles. The minimum Gasteiger partial charge on any atom is -0.388 e. The first-order valence-electron chi connectivity index (χ1n) is 8.07. The fourth-order valence-electron chi connectivity index (χ4n) is 3.01. The average molecular weight is 345 g/mol. The summed E-state index contributed by atoms with van der Waals surface area (Å²) in [7, 11) is 0. The number of benzene rings is 1. The number of thiophene rings is 1. The monoisotopic (exact) mass is 345 g/mol. The van der Waals surface area contributed by atoms with Crippen LogP contribution in [0, 0.1) is 11.7 Å². The summed E-state index contributed by atoms with van der Waals surface area (Å²) in [5, 5.41) is 12.4. The van der Waals surface area contributed by atoms with E-state index in [1.165, 1.54) is 12.1 Å². The zero-order valence-corrected chi connectivity index (χ0v) is 14.1. The Bertz CT molecular complexity index is 689. The Labute approximate surface area is 145 Å². The molecule has 0 aliphatic carbocycles. The van der Waals surface area contributed by atoms with E-state index in [1.54, 1.807) is 29.5 Å². The van der Waals surface area contributed by atoms with Gasteiger partial charge in [-0.25, -0.2) is 4.39 Å². The molecule has 1 aromatic heterocycles. The van der Waals surface area contributed by atoms with Crippen molar-refractivity contribution in [3.8, 4) is 0 Å². The van der Waals surface area contributed by atoms with E-state index in [2.05, 4.69) is 0 Å². The van der Waals surface area contributed by atoms with E-state index in [9.17, 15) is 14.3 Å². The number of amides is 1. The van der Waals surface area contributed by atoms with Crippen LogP contribution in [0.5, 0.6) is 0 Å². The van der Waals surface area contributed by atoms with Gasteiger partial charge in [0.15, 0.2) is 0 Å². The van der Waals surface area contributed by atoms with Gasteiger partial charge in [0.1, 0.15) is 5.82 Å². The van der Waals surface area contributed by atoms with Crippen LogP contribution in [0.3, 0.4) is 0 Å². The van der Waals surface area contributed by atoms with Crippen LogP contribution in [0.25, 0.3) is 6.08 Å². The van der Waals surface area contributed by atoms with Crippen LogP contribution in [0.4, 0.5) is 4.39 Å². The van der Waals surface area contributed by atoms with Crippen molar-refractivity contribution in [1.29, 1.82) is 0 Å². The fourth-order valence-corrected chi connectivity index (χ4v) is 3.63. The highest BCUT2D eigenvalue weighted by molar-refractivity contribution is 7.10. The van der Waals surface area contributed by atoms with Crippen LogP contribution >= 0.6 is 11.3 Å². The molecule has 1 fully saturated rings. The van der Waals surface area contributed by atoms with Gasteiger partial charge in [-0.2, -0.15) is 0 Å². The van der Waals surface area contributed by atoms with Crippen molar-refractivity contribution < 1.29 is 14.3 Å². The number of piperidine rings is 1. The molecule has 1 atom stereocenters. The molecule has 1 amide bonds. The Morgan fingerprint density at radius 1 is 1.25 bits per heavy atom. The summed E-state index contributed by atoms with van der Waals surface area (Å²) in [6.07, 6.45) is 4.34. The Morgan fingerprint density at radius 2 is 1.96 bits per heavy atom. The molecule has 1 aliphatic heterocycles. The molecule has 0 saturated carbocycles. The molecule has 3 nitrogen and oxygen atoms in total. The lowest BCUT2D eigenvalue weighted by atomic mass is 9.87. The molecule has 1 saturated heterocycles. The molecule has 2 heterocycles. The second kappa shape index (κ2) is 7.73. The molecule has 0 spiro atoms. The van der Waals surface area contributed by atoms with Crippen LogP contribution < -0.4 is 0 Å². The van der Waals surface area contributed by atoms with Crippen molar-refractivity contribution in [2.45, 2.75) is 18.9 Å². The van der Waals surface area contributed by atoms with E-state index in [0.717, 1.165) is 23.3 Å². The van der Waals surface area contributed by atoms with Crippen molar-refractivity contribution in [1.82, 2.24) is 4.90 Å². The van der Waals surface area contributed by atoms with Gasteiger partial charge in [0.2, 0.25) is 5.91 Å². The topological polar surface area (TPSA) is 40.5 Å². The van der Waals surface area contributed by atoms with Gasteiger partial charge in [-0.05, 0) is 54.0 Å². The van der Waals surface area contributed by atoms with E-state index in [1.807, 2.05) is 28.5 Å². The maximum Gasteiger partial charge on any atom is 0.246 e. The van der Waals surface area contributed by atoms with E-state index >= 15 is 0 Å². The van der Waals surface area contributed by atoms with Gasteiger partial charge in [-0.1, -0.05) is 18.2 Å². The predicted octanol–water partition coefficient (Wildman–Crippen LogP) is 3.87. The smallest absolute Gasteiger partial charge is 0.246 e. The Kier molecular flexibility index (Phi) is 5.43. The summed E-state index contributed by atoms with van der Waals surface area (Å²) >= 11 is 1.60. The van der Waals surface area contributed by atoms with Gasteiger partial charge in [0, 0.05) is 24.0 Å². The van der Waals surface area contributed by atoms with Crippen LogP contribution in [-0.2, 0) is 4.79 Å². The average Bonchev–Trinajstić information content (AvgIpc) is 3.13. The van der Waals surface area contributed by atoms with E-state index in [0.29, 0.717) is 13.1 Å². The minimum absolute atomic E-state index is 0.0121. The molecular formula is C19H20FNO2S. The Morgan fingerprint density at radius 3 is 2.58 bits per heavy atom. The normalized spacial score (nSPS) is 17.3. The van der Waals surface area contributed by atoms with Crippen LogP contribution in [-0.4, -0.2) is 29.0 Å². The molecule has 5 heteroatoms. The van der Waals surface area contributed by atoms with Crippen molar-refractivity contribution in [2.75, 3.05) is 13.1 Å². The van der Waals surface area contributed by atoms with Gasteiger partial charge >= 0.3 is 0 Å². The van der Waals surface area contributed by atoms with Crippen molar-refractivity contribution in [2.24, 2.45) is 5.92 Å². The molecule has 1 aliphatic rings. The number of carbonyl (C=O) groups is 1. The quantitative estimate of drug-likeness (QED) is 0.855. The first-order valence-corrected chi connectivity index (χ1v) is 8.95. The molecule has 3 rings (SSSR count). The number of hydrogen-bond acceptors (Lipinski definition) is 3. The lowest BCUT2D eigenvalue weighted by Gasteiger charge is -2.33. The Hall–Kier alpha value is -1.98. The van der Waals surface area contributed by atoms with Gasteiger partial charge < -0.3 is 10.0 Å². The number of halogens is 1. The third-order valence-electron chi connectivity index (χ3n) is 4.44. The third-order valence-corrected chi connectivity index (χ3v) is 5.28. The van der Waals surface area contributed by atoms with Crippen molar-refractivity contribution >= 4 is 23.3 Å². The number of nitrogens with zero attached hydrogens (tertiary/aromatic N) is 1. The molecule has 24 heavy (non-hydrogen) atoms. The SMILES string of the molecule is O=C(/C=C/c1cccs1)N1CCC([C@H](O)c2ccc(F)cc2)CC1. The van der Waals surface area contributed by atoms with Crippen molar-refractivity contribution in [3.63, 3.8) is 0 Å². The number of rotatable bonds is 4. The van der Waals surface area contributed by atoms with Crippen LogP contribution in [0.2, 0.25) is 0 Å². The highest BCUT2D eigenvalue weighted by Crippen LogP contribution is 2.30. The third kappa shape index (κ3) is 4.10. The van der Waals surface area contributed by atoms with Crippen molar-refractivity contribution in [3.05, 3.63) is 64.1 Å². The molecule has 2 aromatic rings. The number of hydrogen-bond donors (Lipinski definition) is 1. The van der Waals surface area contributed by atoms with Gasteiger partial charge in [0.25, 0.3) is 0 Å². The van der Waals surface area contributed by atoms with E-state index in [-0.39, 0.29) is 17.6 Å². The standard InChI is InChI=1S/C19H20FNO2S/c20-16-5-3-14(4-6-16)19(23)15-9-11-21(12-10-15)18(22)8-7-17-2-1-13-24-17/h1-8,13,15,19,23H,9-12H2/b8-7+/t19-/m1/s1. The summed E-state index contributed by atoms with van der Waals surface area (Å²) in [5.41, 5.74) is 0.735. The summed E-state index contributed by atoms with van der Waals surface area (Å²) < 4.78 is 13.0. The first kappa shape index (κ1) is 16.9. The number of carbonyl (C=O) groups excluding carboxylic acids is 1. The highest BCUT2D eigenvalue weighted by atomic mass is 32.1. The lowest BCUT2D eigenvalue weighted by Crippen LogP contribution is -2.38. The van der Waals surface area contributed by atoms with E-state index < -0.39 is 6.10 Å². The van der Waals surface area contributed by atoms with Gasteiger partial charge in [0.05, 0.1) is 6.10 Å². The molecule has 126 valence electrons. The molecule has 1 N–H and O–H groups in total. The molecular weight excluding hydrogens is 325 g/mol. The highest BCUT2D eigenvalue weighted by Gasteiger charge is 2.27. The Balaban J connectivity index is 1.53. The second-order valence-electron chi connectivity index (χ2n) is 6.01. The predicted molar refractivity (Wildman–Crippen MR) is 94.0 cm³/mol. The summed E-state index contributed by atoms with van der Waals surface area (Å²) in [6.45, 7) is 1.27. The van der Waals surface area contributed by atoms with Gasteiger partial charge in [-0.15, -0.1) is 11.3 Å². The largest absolute Gasteiger partial charge is 0.388 e. The zero-order chi connectivity index (χ0) is 16.9. The number of likely N-dealkylation sites (tertiary alicyclic amines) is 1. The number of aliphatic hydroxyl groups excluding tert-OH is 1. The van der Waals surface area contributed by atoms with Crippen LogP contribution in [0.15, 0.2) is 47.9 Å². The molecule has 0 bridgehead atoms. The summed E-state index contributed by atoms with van der Waals surface area (Å²) in [4.78, 5) is 15.1. The maximum atomic E-state index is 13.0. The van der Waals surface area contributed by atoms with E-state index in [4.69, 9.17) is 0 Å². The summed E-state index contributed by atoms with van der Waals surface area (Å²) in [6, 6.07) is 9.92. The molecule has 0 unspecified atom stereocenters. The van der Waals surface area contributed by atoms with Crippen LogP contribution in [0.1, 0.15) is 29.4 Å². The summed E-state index contributed by atoms with van der Waals surface area (Å²) in [5.74, 6) is -0.192. The first-order chi connectivity index (χ1) is 11.6. The number of aliphatic hydroxyl groups is 1. The second-order valence-corrected chi connectivity index (χ2v) is 6.99. The fraction of sp³-hybridized carbons (Fsp3) is 0.316.